The number of benzene rings is 1. The molecule has 0 aliphatic rings. The largest absolute Gasteiger partial charge is 0.462 e. The number of fused-ring (bicyclic) bond motifs is 1. The molecule has 0 amide bonds. The zero-order valence-corrected chi connectivity index (χ0v) is 11.1. The van der Waals surface area contributed by atoms with Gasteiger partial charge in [-0.25, -0.2) is 4.39 Å². The number of carbonyl (C=O) groups excluding carboxylic acids is 1. The Balaban J connectivity index is 0.000000203. The smallest absolute Gasteiger partial charge is 0.293 e. The number of aromatic amines is 1. The van der Waals surface area contributed by atoms with E-state index in [-0.39, 0.29) is 11.4 Å². The van der Waals surface area contributed by atoms with E-state index in [1.54, 1.807) is 6.20 Å². The second kappa shape index (κ2) is 5.67. The van der Waals surface area contributed by atoms with Crippen molar-refractivity contribution in [2.45, 2.75) is 33.3 Å². The highest BCUT2D eigenvalue weighted by molar-refractivity contribution is 5.80. The van der Waals surface area contributed by atoms with Gasteiger partial charge in [-0.15, -0.1) is 0 Å². The Morgan fingerprint density at radius 3 is 2.50 bits per heavy atom. The van der Waals surface area contributed by atoms with Crippen molar-refractivity contribution in [3.8, 4) is 0 Å². The second-order valence-electron chi connectivity index (χ2n) is 5.02. The van der Waals surface area contributed by atoms with Gasteiger partial charge in [-0.2, -0.15) is 0 Å². The van der Waals surface area contributed by atoms with E-state index in [4.69, 9.17) is 0 Å². The highest BCUT2D eigenvalue weighted by Gasteiger charge is 2.07. The van der Waals surface area contributed by atoms with Crippen LogP contribution in [-0.2, 0) is 9.53 Å². The van der Waals surface area contributed by atoms with E-state index in [2.05, 4.69) is 9.72 Å². The molecule has 2 aromatic rings. The van der Waals surface area contributed by atoms with Crippen molar-refractivity contribution in [2.24, 2.45) is 0 Å². The van der Waals surface area contributed by atoms with Gasteiger partial charge < -0.3 is 9.72 Å². The van der Waals surface area contributed by atoms with E-state index in [1.165, 1.54) is 6.07 Å². The molecule has 98 valence electrons. The van der Waals surface area contributed by atoms with Crippen LogP contribution in [0.2, 0.25) is 0 Å². The zero-order chi connectivity index (χ0) is 13.8. The fourth-order valence-corrected chi connectivity index (χ4v) is 1.41. The SMILES string of the molecule is CC(C)(C)OC=O.Cc1cc(F)c2[nH]ccc2c1. The van der Waals surface area contributed by atoms with Crippen molar-refractivity contribution >= 4 is 17.4 Å². The summed E-state index contributed by atoms with van der Waals surface area (Å²) in [5.74, 6) is -0.176. The Labute approximate surface area is 106 Å². The first-order chi connectivity index (χ1) is 8.33. The van der Waals surface area contributed by atoms with Gasteiger partial charge in [-0.3, -0.25) is 4.79 Å². The van der Waals surface area contributed by atoms with E-state index in [9.17, 15) is 9.18 Å². The average molecular weight is 251 g/mol. The van der Waals surface area contributed by atoms with Crippen LogP contribution in [0.4, 0.5) is 4.39 Å². The first-order valence-electron chi connectivity index (χ1n) is 5.68. The summed E-state index contributed by atoms with van der Waals surface area (Å²) in [6.07, 6.45) is 1.74. The number of rotatable bonds is 1. The van der Waals surface area contributed by atoms with Gasteiger partial charge in [-0.1, -0.05) is 0 Å². The van der Waals surface area contributed by atoms with Gasteiger partial charge in [0, 0.05) is 11.6 Å². The Morgan fingerprint density at radius 1 is 1.33 bits per heavy atom. The van der Waals surface area contributed by atoms with Gasteiger partial charge in [0.05, 0.1) is 5.52 Å². The number of halogens is 1. The van der Waals surface area contributed by atoms with E-state index < -0.39 is 0 Å². The maximum Gasteiger partial charge on any atom is 0.293 e. The lowest BCUT2D eigenvalue weighted by Crippen LogP contribution is -2.17. The molecule has 0 fully saturated rings. The molecule has 0 spiro atoms. The summed E-state index contributed by atoms with van der Waals surface area (Å²) in [4.78, 5) is 12.4. The van der Waals surface area contributed by atoms with Gasteiger partial charge in [0.2, 0.25) is 0 Å². The molecule has 1 aromatic heterocycles. The highest BCUT2D eigenvalue weighted by Crippen LogP contribution is 2.17. The van der Waals surface area contributed by atoms with Crippen LogP contribution < -0.4 is 0 Å². The van der Waals surface area contributed by atoms with Gasteiger partial charge in [-0.05, 0) is 51.5 Å². The fraction of sp³-hybridized carbons (Fsp3) is 0.357. The molecule has 0 saturated heterocycles. The summed E-state index contributed by atoms with van der Waals surface area (Å²) >= 11 is 0. The van der Waals surface area contributed by atoms with Crippen molar-refractivity contribution in [3.05, 3.63) is 35.8 Å². The second-order valence-corrected chi connectivity index (χ2v) is 5.02. The Kier molecular flexibility index (Phi) is 4.48. The van der Waals surface area contributed by atoms with Crippen LogP contribution in [0.15, 0.2) is 24.4 Å². The zero-order valence-electron chi connectivity index (χ0n) is 11.1. The van der Waals surface area contributed by atoms with Crippen molar-refractivity contribution in [1.82, 2.24) is 4.98 Å². The molecular formula is C14H18FNO2. The average Bonchev–Trinajstić information content (AvgIpc) is 2.64. The topological polar surface area (TPSA) is 42.1 Å². The molecule has 0 atom stereocenters. The molecule has 1 aromatic carbocycles. The summed E-state index contributed by atoms with van der Waals surface area (Å²) in [7, 11) is 0. The number of aryl methyl sites for hydroxylation is 1. The van der Waals surface area contributed by atoms with E-state index in [1.807, 2.05) is 39.8 Å². The van der Waals surface area contributed by atoms with Crippen LogP contribution in [-0.4, -0.2) is 17.1 Å². The molecule has 1 heterocycles. The molecule has 1 N–H and O–H groups in total. The number of hydrogen-bond acceptors (Lipinski definition) is 2. The summed E-state index contributed by atoms with van der Waals surface area (Å²) < 4.78 is 17.6. The molecule has 0 bridgehead atoms. The lowest BCUT2D eigenvalue weighted by atomic mass is 10.2. The van der Waals surface area contributed by atoms with Crippen molar-refractivity contribution in [1.29, 1.82) is 0 Å². The molecule has 2 rings (SSSR count). The van der Waals surface area contributed by atoms with Gasteiger partial charge >= 0.3 is 0 Å². The fourth-order valence-electron chi connectivity index (χ4n) is 1.41. The molecule has 3 nitrogen and oxygen atoms in total. The molecule has 18 heavy (non-hydrogen) atoms. The summed E-state index contributed by atoms with van der Waals surface area (Å²) in [5, 5.41) is 0.933. The minimum Gasteiger partial charge on any atom is -0.462 e. The number of ether oxygens (including phenoxy) is 1. The van der Waals surface area contributed by atoms with E-state index >= 15 is 0 Å². The Hall–Kier alpha value is -1.84. The van der Waals surface area contributed by atoms with E-state index in [0.29, 0.717) is 12.0 Å². The predicted octanol–water partition coefficient (Wildman–Crippen LogP) is 3.57. The quantitative estimate of drug-likeness (QED) is 0.787. The molecule has 0 unspecified atom stereocenters. The standard InChI is InChI=1S/C9H8FN.C5H10O2/c1-6-4-7-2-3-11-9(7)8(10)5-6;1-5(2,3)7-4-6/h2-5,11H,1H3;4H,1-3H3. The maximum atomic E-state index is 13.0. The molecular weight excluding hydrogens is 233 g/mol. The predicted molar refractivity (Wildman–Crippen MR) is 69.9 cm³/mol. The van der Waals surface area contributed by atoms with Gasteiger partial charge in [0.15, 0.2) is 0 Å². The lowest BCUT2D eigenvalue weighted by Gasteiger charge is -2.14. The third-order valence-electron chi connectivity index (χ3n) is 2.16. The first kappa shape index (κ1) is 14.2. The first-order valence-corrected chi connectivity index (χ1v) is 5.68. The van der Waals surface area contributed by atoms with E-state index in [0.717, 1.165) is 10.9 Å². The van der Waals surface area contributed by atoms with Gasteiger partial charge in [0.25, 0.3) is 6.47 Å². The molecule has 0 aliphatic heterocycles. The van der Waals surface area contributed by atoms with Crippen LogP contribution >= 0.6 is 0 Å². The van der Waals surface area contributed by atoms with Crippen molar-refractivity contribution < 1.29 is 13.9 Å². The van der Waals surface area contributed by atoms with Crippen molar-refractivity contribution in [2.75, 3.05) is 0 Å². The minimum absolute atomic E-state index is 0.176. The van der Waals surface area contributed by atoms with Gasteiger partial charge in [0.1, 0.15) is 11.4 Å². The van der Waals surface area contributed by atoms with Crippen LogP contribution in [0.25, 0.3) is 10.9 Å². The van der Waals surface area contributed by atoms with Crippen LogP contribution in [0.3, 0.4) is 0 Å². The molecule has 0 aliphatic carbocycles. The van der Waals surface area contributed by atoms with Crippen LogP contribution in [0.5, 0.6) is 0 Å². The number of H-pyrrole nitrogens is 1. The lowest BCUT2D eigenvalue weighted by molar-refractivity contribution is -0.138. The van der Waals surface area contributed by atoms with Crippen LogP contribution in [0.1, 0.15) is 26.3 Å². The maximum absolute atomic E-state index is 13.0. The third kappa shape index (κ3) is 4.20. The third-order valence-corrected chi connectivity index (χ3v) is 2.16. The number of hydrogen-bond donors (Lipinski definition) is 1. The Bertz CT molecular complexity index is 526. The number of carbonyl (C=O) groups is 1. The van der Waals surface area contributed by atoms with Crippen molar-refractivity contribution in [3.63, 3.8) is 0 Å². The summed E-state index contributed by atoms with van der Waals surface area (Å²) in [6.45, 7) is 7.81. The molecule has 0 radical (unpaired) electrons. The summed E-state index contributed by atoms with van der Waals surface area (Å²) in [6, 6.07) is 5.35. The monoisotopic (exact) mass is 251 g/mol. The highest BCUT2D eigenvalue weighted by atomic mass is 19.1. The minimum atomic E-state index is -0.318. The summed E-state index contributed by atoms with van der Waals surface area (Å²) in [5.41, 5.74) is 1.23. The van der Waals surface area contributed by atoms with Crippen LogP contribution in [0, 0.1) is 12.7 Å². The molecule has 4 heteroatoms. The molecule has 0 saturated carbocycles. The number of aromatic nitrogens is 1. The normalized spacial score (nSPS) is 10.7. The number of nitrogens with one attached hydrogen (secondary N) is 1. The Morgan fingerprint density at radius 2 is 2.00 bits per heavy atom.